The number of hydrogen-bond donors (Lipinski definition) is 3. The van der Waals surface area contributed by atoms with Crippen LogP contribution in [0.4, 0.5) is 5.69 Å². The van der Waals surface area contributed by atoms with Crippen LogP contribution in [-0.4, -0.2) is 22.3 Å². The molecule has 0 saturated carbocycles. The van der Waals surface area contributed by atoms with Crippen LogP contribution in [-0.2, 0) is 0 Å². The molecule has 0 aromatic heterocycles. The predicted octanol–water partition coefficient (Wildman–Crippen LogP) is 0.876. The fourth-order valence-electron chi connectivity index (χ4n) is 0.960. The van der Waals surface area contributed by atoms with Crippen molar-refractivity contribution in [1.82, 2.24) is 5.48 Å². The zero-order chi connectivity index (χ0) is 12.8. The molecule has 1 rings (SSSR count). The van der Waals surface area contributed by atoms with Crippen LogP contribution < -0.4 is 11.2 Å². The fourth-order valence-corrected chi connectivity index (χ4v) is 1.13. The summed E-state index contributed by atoms with van der Waals surface area (Å²) in [6.45, 7) is 0. The number of nitro groups is 1. The maximum Gasteiger partial charge on any atom is 0.279 e. The Kier molecular flexibility index (Phi) is 4.37. The summed E-state index contributed by atoms with van der Waals surface area (Å²) in [4.78, 5) is 10.1. The summed E-state index contributed by atoms with van der Waals surface area (Å²) < 4.78 is 0. The standard InChI is InChI=1S/C8H8ClN5O3/c9-6-2-1-5(7(3-6)14(16)17)4-11-12-8(10)13-15/h1-4,15H,(H3,10,12,13). The van der Waals surface area contributed by atoms with Gasteiger partial charge in [-0.3, -0.25) is 15.3 Å². The molecule has 0 amide bonds. The number of rotatable bonds is 3. The van der Waals surface area contributed by atoms with Crippen LogP contribution in [0.3, 0.4) is 0 Å². The Labute approximate surface area is 101 Å². The van der Waals surface area contributed by atoms with Crippen molar-refractivity contribution >= 4 is 29.5 Å². The SMILES string of the molecule is NC(=NN=Cc1ccc(Cl)cc1[N+](=O)[O-])NO. The molecule has 0 fully saturated rings. The van der Waals surface area contributed by atoms with Gasteiger partial charge in [-0.1, -0.05) is 11.6 Å². The summed E-state index contributed by atoms with van der Waals surface area (Å²) >= 11 is 5.63. The Morgan fingerprint density at radius 2 is 2.35 bits per heavy atom. The average molecular weight is 258 g/mol. The molecule has 0 atom stereocenters. The summed E-state index contributed by atoms with van der Waals surface area (Å²) in [6, 6.07) is 4.09. The number of nitro benzene ring substituents is 1. The lowest BCUT2D eigenvalue weighted by Crippen LogP contribution is -2.27. The molecule has 0 spiro atoms. The van der Waals surface area contributed by atoms with Crippen LogP contribution >= 0.6 is 11.6 Å². The minimum absolute atomic E-state index is 0.202. The van der Waals surface area contributed by atoms with E-state index in [0.717, 1.165) is 6.21 Å². The van der Waals surface area contributed by atoms with Gasteiger partial charge < -0.3 is 5.73 Å². The third-order valence-corrected chi connectivity index (χ3v) is 1.90. The highest BCUT2D eigenvalue weighted by molar-refractivity contribution is 6.30. The zero-order valence-electron chi connectivity index (χ0n) is 8.37. The van der Waals surface area contributed by atoms with Gasteiger partial charge >= 0.3 is 0 Å². The summed E-state index contributed by atoms with van der Waals surface area (Å²) in [5.41, 5.74) is 6.65. The third-order valence-electron chi connectivity index (χ3n) is 1.67. The van der Waals surface area contributed by atoms with E-state index in [1.54, 1.807) is 5.48 Å². The van der Waals surface area contributed by atoms with Gasteiger partial charge in [-0.15, -0.1) is 5.10 Å². The first kappa shape index (κ1) is 12.9. The van der Waals surface area contributed by atoms with E-state index in [4.69, 9.17) is 22.5 Å². The third kappa shape index (κ3) is 3.70. The van der Waals surface area contributed by atoms with E-state index in [0.29, 0.717) is 0 Å². The maximum atomic E-state index is 10.7. The molecule has 9 heteroatoms. The van der Waals surface area contributed by atoms with Crippen molar-refractivity contribution in [3.63, 3.8) is 0 Å². The minimum atomic E-state index is -0.593. The van der Waals surface area contributed by atoms with Crippen molar-refractivity contribution in [2.45, 2.75) is 0 Å². The van der Waals surface area contributed by atoms with Crippen molar-refractivity contribution in [3.8, 4) is 0 Å². The number of hydroxylamine groups is 1. The van der Waals surface area contributed by atoms with Gasteiger partial charge in [0.25, 0.3) is 5.69 Å². The maximum absolute atomic E-state index is 10.7. The number of hydrogen-bond acceptors (Lipinski definition) is 5. The molecule has 0 aliphatic heterocycles. The number of guanidine groups is 1. The molecular formula is C8H8ClN5O3. The zero-order valence-corrected chi connectivity index (χ0v) is 9.13. The lowest BCUT2D eigenvalue weighted by molar-refractivity contribution is -0.385. The lowest BCUT2D eigenvalue weighted by atomic mass is 10.2. The molecule has 1 aromatic rings. The quantitative estimate of drug-likeness (QED) is 0.321. The van der Waals surface area contributed by atoms with Crippen LogP contribution in [0.25, 0.3) is 0 Å². The fraction of sp³-hybridized carbons (Fsp3) is 0. The van der Waals surface area contributed by atoms with Crippen molar-refractivity contribution in [1.29, 1.82) is 0 Å². The van der Waals surface area contributed by atoms with E-state index in [1.165, 1.54) is 18.2 Å². The summed E-state index contributed by atoms with van der Waals surface area (Å²) in [5.74, 6) is -0.335. The first-order valence-corrected chi connectivity index (χ1v) is 4.63. The van der Waals surface area contributed by atoms with Crippen molar-refractivity contribution < 1.29 is 10.1 Å². The molecule has 0 aliphatic rings. The molecule has 0 aliphatic carbocycles. The van der Waals surface area contributed by atoms with E-state index in [-0.39, 0.29) is 22.2 Å². The number of nitrogens with zero attached hydrogens (tertiary/aromatic N) is 3. The number of benzene rings is 1. The first-order valence-electron chi connectivity index (χ1n) is 4.25. The van der Waals surface area contributed by atoms with Gasteiger partial charge in [0.1, 0.15) is 0 Å². The largest absolute Gasteiger partial charge is 0.367 e. The van der Waals surface area contributed by atoms with Crippen molar-refractivity contribution in [2.24, 2.45) is 15.9 Å². The Bertz CT molecular complexity index is 488. The monoisotopic (exact) mass is 257 g/mol. The number of nitrogens with one attached hydrogen (secondary N) is 1. The predicted molar refractivity (Wildman–Crippen MR) is 62.2 cm³/mol. The smallest absolute Gasteiger partial charge is 0.279 e. The van der Waals surface area contributed by atoms with Gasteiger partial charge in [0.05, 0.1) is 16.7 Å². The van der Waals surface area contributed by atoms with Gasteiger partial charge in [-0.2, -0.15) is 5.10 Å². The molecule has 0 saturated heterocycles. The topological polar surface area (TPSA) is 126 Å². The Balaban J connectivity index is 3.02. The Morgan fingerprint density at radius 3 is 2.94 bits per heavy atom. The first-order chi connectivity index (χ1) is 8.04. The van der Waals surface area contributed by atoms with Gasteiger partial charge in [0.15, 0.2) is 0 Å². The van der Waals surface area contributed by atoms with Gasteiger partial charge in [0, 0.05) is 11.1 Å². The highest BCUT2D eigenvalue weighted by atomic mass is 35.5. The van der Waals surface area contributed by atoms with Gasteiger partial charge in [0.2, 0.25) is 5.96 Å². The average Bonchev–Trinajstić information content (AvgIpc) is 2.30. The lowest BCUT2D eigenvalue weighted by Gasteiger charge is -1.97. The van der Waals surface area contributed by atoms with E-state index in [2.05, 4.69) is 10.2 Å². The van der Waals surface area contributed by atoms with Crippen LogP contribution in [0.2, 0.25) is 5.02 Å². The van der Waals surface area contributed by atoms with Crippen LogP contribution in [0.5, 0.6) is 0 Å². The normalized spacial score (nSPS) is 11.8. The molecule has 8 nitrogen and oxygen atoms in total. The number of halogens is 1. The molecule has 0 radical (unpaired) electrons. The number of nitrogens with two attached hydrogens (primary N) is 1. The second-order valence-electron chi connectivity index (χ2n) is 2.80. The Hall–Kier alpha value is -2.19. The van der Waals surface area contributed by atoms with Gasteiger partial charge in [-0.05, 0) is 12.1 Å². The summed E-state index contributed by atoms with van der Waals surface area (Å²) in [6.07, 6.45) is 1.12. The molecule has 0 bridgehead atoms. The molecular weight excluding hydrogens is 250 g/mol. The van der Waals surface area contributed by atoms with Crippen LogP contribution in [0.15, 0.2) is 28.4 Å². The minimum Gasteiger partial charge on any atom is -0.367 e. The molecule has 0 heterocycles. The van der Waals surface area contributed by atoms with E-state index < -0.39 is 4.92 Å². The Morgan fingerprint density at radius 1 is 1.65 bits per heavy atom. The molecule has 90 valence electrons. The van der Waals surface area contributed by atoms with Crippen molar-refractivity contribution in [3.05, 3.63) is 38.9 Å². The van der Waals surface area contributed by atoms with Crippen LogP contribution in [0, 0.1) is 10.1 Å². The highest BCUT2D eigenvalue weighted by Gasteiger charge is 2.12. The molecule has 17 heavy (non-hydrogen) atoms. The van der Waals surface area contributed by atoms with E-state index in [9.17, 15) is 10.1 Å². The molecule has 1 aromatic carbocycles. The van der Waals surface area contributed by atoms with Crippen LogP contribution in [0.1, 0.15) is 5.56 Å². The highest BCUT2D eigenvalue weighted by Crippen LogP contribution is 2.21. The van der Waals surface area contributed by atoms with Crippen molar-refractivity contribution in [2.75, 3.05) is 0 Å². The molecule has 0 unspecified atom stereocenters. The van der Waals surface area contributed by atoms with E-state index in [1.807, 2.05) is 0 Å². The summed E-state index contributed by atoms with van der Waals surface area (Å²) in [7, 11) is 0. The second-order valence-corrected chi connectivity index (χ2v) is 3.24. The van der Waals surface area contributed by atoms with E-state index >= 15 is 0 Å². The summed E-state index contributed by atoms with van der Waals surface area (Å²) in [5, 5.41) is 26.0. The van der Waals surface area contributed by atoms with Gasteiger partial charge in [-0.25, -0.2) is 5.48 Å². The second kappa shape index (κ2) is 5.77. The molecule has 4 N–H and O–H groups in total.